The summed E-state index contributed by atoms with van der Waals surface area (Å²) in [5, 5.41) is 2.95. The van der Waals surface area contributed by atoms with E-state index in [2.05, 4.69) is 37.9 Å². The second-order valence-electron chi connectivity index (χ2n) is 5.75. The van der Waals surface area contributed by atoms with E-state index in [4.69, 9.17) is 9.47 Å². The van der Waals surface area contributed by atoms with Gasteiger partial charge in [-0.3, -0.25) is 9.69 Å². The van der Waals surface area contributed by atoms with Gasteiger partial charge in [0, 0.05) is 25.2 Å². The molecule has 0 radical (unpaired) electrons. The quantitative estimate of drug-likeness (QED) is 0.802. The molecule has 1 aromatic carbocycles. The molecule has 124 valence electrons. The van der Waals surface area contributed by atoms with Crippen LogP contribution in [0.3, 0.4) is 0 Å². The average molecular weight is 308 g/mol. The van der Waals surface area contributed by atoms with Crippen molar-refractivity contribution in [2.24, 2.45) is 0 Å². The van der Waals surface area contributed by atoms with Gasteiger partial charge in [0.1, 0.15) is 11.5 Å². The van der Waals surface area contributed by atoms with E-state index >= 15 is 0 Å². The van der Waals surface area contributed by atoms with Crippen LogP contribution in [0.2, 0.25) is 0 Å². The third-order valence-electron chi connectivity index (χ3n) is 3.63. The third kappa shape index (κ3) is 4.91. The lowest BCUT2D eigenvalue weighted by molar-refractivity contribution is 0.0936. The highest BCUT2D eigenvalue weighted by molar-refractivity contribution is 5.97. The number of carbonyl (C=O) groups excluding carboxylic acids is 1. The monoisotopic (exact) mass is 308 g/mol. The predicted octanol–water partition coefficient (Wildman–Crippen LogP) is 2.55. The molecule has 22 heavy (non-hydrogen) atoms. The highest BCUT2D eigenvalue weighted by Gasteiger charge is 2.16. The highest BCUT2D eigenvalue weighted by Crippen LogP contribution is 2.23. The van der Waals surface area contributed by atoms with Gasteiger partial charge < -0.3 is 14.8 Å². The number of carbonyl (C=O) groups is 1. The molecule has 0 saturated heterocycles. The second kappa shape index (κ2) is 8.63. The fourth-order valence-corrected chi connectivity index (χ4v) is 2.50. The number of nitrogens with zero attached hydrogens (tertiary/aromatic N) is 1. The van der Waals surface area contributed by atoms with Gasteiger partial charge in [-0.05, 0) is 45.9 Å². The Morgan fingerprint density at radius 2 is 1.77 bits per heavy atom. The lowest BCUT2D eigenvalue weighted by Crippen LogP contribution is -2.42. The summed E-state index contributed by atoms with van der Waals surface area (Å²) in [6, 6.07) is 6.10. The van der Waals surface area contributed by atoms with Crippen molar-refractivity contribution in [2.75, 3.05) is 27.3 Å². The van der Waals surface area contributed by atoms with Crippen molar-refractivity contribution < 1.29 is 14.3 Å². The van der Waals surface area contributed by atoms with Gasteiger partial charge in [-0.1, -0.05) is 0 Å². The summed E-state index contributed by atoms with van der Waals surface area (Å²) in [5.74, 6) is 1.03. The van der Waals surface area contributed by atoms with Crippen LogP contribution >= 0.6 is 0 Å². The molecule has 0 aromatic heterocycles. The largest absolute Gasteiger partial charge is 0.497 e. The maximum atomic E-state index is 12.3. The van der Waals surface area contributed by atoms with E-state index in [1.54, 1.807) is 32.4 Å². The number of benzene rings is 1. The minimum Gasteiger partial charge on any atom is -0.497 e. The zero-order valence-electron chi connectivity index (χ0n) is 14.5. The number of nitrogens with one attached hydrogen (secondary N) is 1. The molecule has 5 heteroatoms. The SMILES string of the molecule is COc1ccc(OC)c(C(=O)NCCN(C(C)C)C(C)C)c1. The Labute approximate surface area is 133 Å². The summed E-state index contributed by atoms with van der Waals surface area (Å²) in [4.78, 5) is 14.7. The molecule has 0 heterocycles. The molecule has 0 bridgehead atoms. The fraction of sp³-hybridized carbons (Fsp3) is 0.588. The Morgan fingerprint density at radius 1 is 1.14 bits per heavy atom. The molecule has 1 amide bonds. The van der Waals surface area contributed by atoms with Crippen LogP contribution in [-0.2, 0) is 0 Å². The number of hydrogen-bond donors (Lipinski definition) is 1. The van der Waals surface area contributed by atoms with E-state index in [1.165, 1.54) is 0 Å². The second-order valence-corrected chi connectivity index (χ2v) is 5.75. The van der Waals surface area contributed by atoms with E-state index in [0.29, 0.717) is 35.7 Å². The predicted molar refractivity (Wildman–Crippen MR) is 88.9 cm³/mol. The number of methoxy groups -OCH3 is 2. The minimum absolute atomic E-state index is 0.150. The summed E-state index contributed by atoms with van der Waals surface area (Å²) in [6.07, 6.45) is 0. The molecule has 1 rings (SSSR count). The summed E-state index contributed by atoms with van der Waals surface area (Å²) >= 11 is 0. The number of rotatable bonds is 8. The van der Waals surface area contributed by atoms with Crippen LogP contribution < -0.4 is 14.8 Å². The van der Waals surface area contributed by atoms with Crippen molar-refractivity contribution in [3.63, 3.8) is 0 Å². The van der Waals surface area contributed by atoms with Crippen molar-refractivity contribution in [3.8, 4) is 11.5 Å². The standard InChI is InChI=1S/C17H28N2O3/c1-12(2)19(13(3)4)10-9-18-17(20)15-11-14(21-5)7-8-16(15)22-6/h7-8,11-13H,9-10H2,1-6H3,(H,18,20). The van der Waals surface area contributed by atoms with Crippen molar-refractivity contribution in [1.82, 2.24) is 10.2 Å². The van der Waals surface area contributed by atoms with Gasteiger partial charge >= 0.3 is 0 Å². The van der Waals surface area contributed by atoms with Crippen LogP contribution in [0.15, 0.2) is 18.2 Å². The van der Waals surface area contributed by atoms with Gasteiger partial charge in [-0.25, -0.2) is 0 Å². The maximum absolute atomic E-state index is 12.3. The number of amides is 1. The molecular weight excluding hydrogens is 280 g/mol. The van der Waals surface area contributed by atoms with E-state index in [0.717, 1.165) is 6.54 Å². The Balaban J connectivity index is 2.69. The topological polar surface area (TPSA) is 50.8 Å². The summed E-state index contributed by atoms with van der Waals surface area (Å²) in [5.41, 5.74) is 0.488. The van der Waals surface area contributed by atoms with Crippen LogP contribution in [0.4, 0.5) is 0 Å². The molecule has 0 aliphatic carbocycles. The molecule has 0 aliphatic heterocycles. The van der Waals surface area contributed by atoms with E-state index < -0.39 is 0 Å². The third-order valence-corrected chi connectivity index (χ3v) is 3.63. The Hall–Kier alpha value is -1.75. The van der Waals surface area contributed by atoms with Crippen LogP contribution in [0, 0.1) is 0 Å². The summed E-state index contributed by atoms with van der Waals surface area (Å²) in [6.45, 7) is 10.0. The first kappa shape index (κ1) is 18.3. The smallest absolute Gasteiger partial charge is 0.255 e. The van der Waals surface area contributed by atoms with Crippen molar-refractivity contribution >= 4 is 5.91 Å². The fourth-order valence-electron chi connectivity index (χ4n) is 2.50. The van der Waals surface area contributed by atoms with Crippen LogP contribution in [0.1, 0.15) is 38.1 Å². The zero-order chi connectivity index (χ0) is 16.7. The van der Waals surface area contributed by atoms with Crippen LogP contribution in [0.5, 0.6) is 11.5 Å². The van der Waals surface area contributed by atoms with Crippen LogP contribution in [-0.4, -0.2) is 50.2 Å². The van der Waals surface area contributed by atoms with E-state index in [1.807, 2.05) is 0 Å². The molecule has 1 aromatic rings. The van der Waals surface area contributed by atoms with Gasteiger partial charge in [-0.15, -0.1) is 0 Å². The van der Waals surface area contributed by atoms with Crippen molar-refractivity contribution in [3.05, 3.63) is 23.8 Å². The number of hydrogen-bond acceptors (Lipinski definition) is 4. The summed E-state index contributed by atoms with van der Waals surface area (Å²) < 4.78 is 10.4. The molecule has 0 spiro atoms. The highest BCUT2D eigenvalue weighted by atomic mass is 16.5. The molecule has 1 N–H and O–H groups in total. The zero-order valence-corrected chi connectivity index (χ0v) is 14.5. The first-order chi connectivity index (χ1) is 10.4. The molecule has 0 atom stereocenters. The Morgan fingerprint density at radius 3 is 2.27 bits per heavy atom. The molecule has 0 saturated carbocycles. The van der Waals surface area contributed by atoms with Gasteiger partial charge in [0.2, 0.25) is 0 Å². The molecule has 0 unspecified atom stereocenters. The van der Waals surface area contributed by atoms with Gasteiger partial charge in [0.05, 0.1) is 19.8 Å². The lowest BCUT2D eigenvalue weighted by atomic mass is 10.1. The minimum atomic E-state index is -0.150. The molecular formula is C17H28N2O3. The van der Waals surface area contributed by atoms with Crippen molar-refractivity contribution in [2.45, 2.75) is 39.8 Å². The van der Waals surface area contributed by atoms with Gasteiger partial charge in [-0.2, -0.15) is 0 Å². The molecule has 5 nitrogen and oxygen atoms in total. The lowest BCUT2D eigenvalue weighted by Gasteiger charge is -2.30. The molecule has 0 aliphatic rings. The van der Waals surface area contributed by atoms with E-state index in [9.17, 15) is 4.79 Å². The van der Waals surface area contributed by atoms with E-state index in [-0.39, 0.29) is 5.91 Å². The summed E-state index contributed by atoms with van der Waals surface area (Å²) in [7, 11) is 3.13. The first-order valence-corrected chi connectivity index (χ1v) is 7.66. The maximum Gasteiger partial charge on any atom is 0.255 e. The van der Waals surface area contributed by atoms with Crippen LogP contribution in [0.25, 0.3) is 0 Å². The Bertz CT molecular complexity index is 479. The van der Waals surface area contributed by atoms with Gasteiger partial charge in [0.15, 0.2) is 0 Å². The average Bonchev–Trinajstić information content (AvgIpc) is 2.49. The first-order valence-electron chi connectivity index (χ1n) is 7.66. The molecule has 0 fully saturated rings. The van der Waals surface area contributed by atoms with Gasteiger partial charge in [0.25, 0.3) is 5.91 Å². The Kier molecular flexibility index (Phi) is 7.18. The normalized spacial score (nSPS) is 11.1. The van der Waals surface area contributed by atoms with Crippen molar-refractivity contribution in [1.29, 1.82) is 0 Å². The number of ether oxygens (including phenoxy) is 2.